The van der Waals surface area contributed by atoms with Gasteiger partial charge in [-0.1, -0.05) is 35.5 Å². The Bertz CT molecular complexity index is 507. The molecule has 6 nitrogen and oxygen atoms in total. The third-order valence-corrected chi connectivity index (χ3v) is 2.86. The zero-order valence-electron chi connectivity index (χ0n) is 10.3. The summed E-state index contributed by atoms with van der Waals surface area (Å²) in [6.45, 7) is 4.04. The summed E-state index contributed by atoms with van der Waals surface area (Å²) in [6, 6.07) is 9.64. The van der Waals surface area contributed by atoms with Gasteiger partial charge in [0.25, 0.3) is 0 Å². The van der Waals surface area contributed by atoms with Crippen molar-refractivity contribution in [3.05, 3.63) is 41.7 Å². The molecule has 1 amide bonds. The minimum atomic E-state index is -0.592. The predicted octanol–water partition coefficient (Wildman–Crippen LogP) is 0.794. The Labute approximate surface area is 105 Å². The van der Waals surface area contributed by atoms with Crippen LogP contribution in [0.1, 0.15) is 25.2 Å². The Kier molecular flexibility index (Phi) is 3.36. The molecule has 0 spiro atoms. The average Bonchev–Trinajstić information content (AvgIpc) is 2.90. The van der Waals surface area contributed by atoms with Crippen LogP contribution < -0.4 is 5.32 Å². The van der Waals surface area contributed by atoms with Gasteiger partial charge in [0.2, 0.25) is 5.91 Å². The maximum atomic E-state index is 12.2. The highest BCUT2D eigenvalue weighted by molar-refractivity contribution is 5.87. The van der Waals surface area contributed by atoms with E-state index in [0.29, 0.717) is 5.82 Å². The molecule has 1 heterocycles. The fourth-order valence-corrected chi connectivity index (χ4v) is 1.62. The molecule has 1 aromatic carbocycles. The van der Waals surface area contributed by atoms with Crippen LogP contribution in [-0.4, -0.2) is 26.5 Å². The van der Waals surface area contributed by atoms with E-state index < -0.39 is 5.41 Å². The summed E-state index contributed by atoms with van der Waals surface area (Å²) in [5.74, 6) is 0.394. The molecule has 2 rings (SSSR count). The first-order chi connectivity index (χ1) is 8.60. The molecule has 18 heavy (non-hydrogen) atoms. The highest BCUT2D eigenvalue weighted by Gasteiger charge is 2.29. The lowest BCUT2D eigenvalue weighted by Crippen LogP contribution is -2.39. The van der Waals surface area contributed by atoms with Crippen LogP contribution in [0.4, 0.5) is 0 Å². The number of carbonyl (C=O) groups is 1. The molecule has 2 N–H and O–H groups in total. The number of H-pyrrole nitrogens is 1. The summed E-state index contributed by atoms with van der Waals surface area (Å²) in [5, 5.41) is 16.1. The van der Waals surface area contributed by atoms with Crippen molar-refractivity contribution in [2.45, 2.75) is 25.8 Å². The summed E-state index contributed by atoms with van der Waals surface area (Å²) in [7, 11) is 0. The lowest BCUT2D eigenvalue weighted by atomic mass is 9.84. The maximum absolute atomic E-state index is 12.2. The van der Waals surface area contributed by atoms with Gasteiger partial charge in [0, 0.05) is 0 Å². The Balaban J connectivity index is 2.04. The summed E-state index contributed by atoms with van der Waals surface area (Å²) in [4.78, 5) is 12.2. The van der Waals surface area contributed by atoms with Crippen molar-refractivity contribution in [2.24, 2.45) is 0 Å². The van der Waals surface area contributed by atoms with Crippen LogP contribution in [-0.2, 0) is 16.8 Å². The molecule has 1 aromatic heterocycles. The normalized spacial score (nSPS) is 11.2. The number of nitrogens with zero attached hydrogens (tertiary/aromatic N) is 3. The molecule has 0 bridgehead atoms. The first-order valence-corrected chi connectivity index (χ1v) is 5.67. The highest BCUT2D eigenvalue weighted by atomic mass is 16.2. The van der Waals surface area contributed by atoms with Gasteiger partial charge in [0.1, 0.15) is 0 Å². The van der Waals surface area contributed by atoms with E-state index in [1.54, 1.807) is 0 Å². The zero-order valence-corrected chi connectivity index (χ0v) is 10.3. The number of carbonyl (C=O) groups excluding carboxylic acids is 1. The third-order valence-electron chi connectivity index (χ3n) is 2.86. The largest absolute Gasteiger partial charge is 0.348 e. The summed E-state index contributed by atoms with van der Waals surface area (Å²) in [6.07, 6.45) is 0. The SMILES string of the molecule is CC(C)(C(=O)NCc1nn[nH]n1)c1ccccc1. The topological polar surface area (TPSA) is 83.6 Å². The van der Waals surface area contributed by atoms with Gasteiger partial charge in [-0.25, -0.2) is 0 Å². The first-order valence-electron chi connectivity index (χ1n) is 5.67. The molecular formula is C12H15N5O. The van der Waals surface area contributed by atoms with Gasteiger partial charge in [0.15, 0.2) is 5.82 Å². The van der Waals surface area contributed by atoms with Gasteiger partial charge in [-0.15, -0.1) is 10.2 Å². The number of tetrazole rings is 1. The van der Waals surface area contributed by atoms with E-state index in [1.807, 2.05) is 44.2 Å². The molecule has 0 aliphatic carbocycles. The quantitative estimate of drug-likeness (QED) is 0.834. The molecule has 0 atom stereocenters. The Morgan fingerprint density at radius 2 is 2.06 bits per heavy atom. The number of benzene rings is 1. The van der Waals surface area contributed by atoms with E-state index in [-0.39, 0.29) is 12.5 Å². The van der Waals surface area contributed by atoms with Gasteiger partial charge in [-0.2, -0.15) is 5.21 Å². The van der Waals surface area contributed by atoms with Crippen molar-refractivity contribution in [2.75, 3.05) is 0 Å². The number of hydrogen-bond acceptors (Lipinski definition) is 4. The lowest BCUT2D eigenvalue weighted by molar-refractivity contribution is -0.125. The fourth-order valence-electron chi connectivity index (χ4n) is 1.62. The van der Waals surface area contributed by atoms with Gasteiger partial charge in [-0.3, -0.25) is 4.79 Å². The second-order valence-corrected chi connectivity index (χ2v) is 4.50. The number of nitrogens with one attached hydrogen (secondary N) is 2. The van der Waals surface area contributed by atoms with E-state index in [9.17, 15) is 4.79 Å². The number of hydrogen-bond donors (Lipinski definition) is 2. The van der Waals surface area contributed by atoms with E-state index >= 15 is 0 Å². The van der Waals surface area contributed by atoms with E-state index in [0.717, 1.165) is 5.56 Å². The predicted molar refractivity (Wildman–Crippen MR) is 65.5 cm³/mol. The number of rotatable bonds is 4. The van der Waals surface area contributed by atoms with Crippen molar-refractivity contribution in [3.63, 3.8) is 0 Å². The van der Waals surface area contributed by atoms with Gasteiger partial charge in [-0.05, 0) is 19.4 Å². The van der Waals surface area contributed by atoms with Crippen LogP contribution in [0.5, 0.6) is 0 Å². The van der Waals surface area contributed by atoms with Crippen LogP contribution in [0.25, 0.3) is 0 Å². The van der Waals surface area contributed by atoms with E-state index in [4.69, 9.17) is 0 Å². The summed E-state index contributed by atoms with van der Waals surface area (Å²) < 4.78 is 0. The fraction of sp³-hybridized carbons (Fsp3) is 0.333. The monoisotopic (exact) mass is 245 g/mol. The van der Waals surface area contributed by atoms with Crippen molar-refractivity contribution in [1.82, 2.24) is 25.9 Å². The van der Waals surface area contributed by atoms with Gasteiger partial charge < -0.3 is 5.32 Å². The van der Waals surface area contributed by atoms with Crippen molar-refractivity contribution in [3.8, 4) is 0 Å². The van der Waals surface area contributed by atoms with Crippen LogP contribution >= 0.6 is 0 Å². The van der Waals surface area contributed by atoms with Crippen molar-refractivity contribution >= 4 is 5.91 Å². The summed E-state index contributed by atoms with van der Waals surface area (Å²) >= 11 is 0. The second kappa shape index (κ2) is 4.95. The van der Waals surface area contributed by atoms with Crippen LogP contribution in [0, 0.1) is 0 Å². The molecule has 94 valence electrons. The first kappa shape index (κ1) is 12.2. The summed E-state index contributed by atoms with van der Waals surface area (Å²) in [5.41, 5.74) is 0.376. The van der Waals surface area contributed by atoms with Gasteiger partial charge in [0.05, 0.1) is 12.0 Å². The van der Waals surface area contributed by atoms with Crippen LogP contribution in [0.2, 0.25) is 0 Å². The standard InChI is InChI=1S/C12H15N5O/c1-12(2,9-6-4-3-5-7-9)11(18)13-8-10-14-16-17-15-10/h3-7H,8H2,1-2H3,(H,13,18)(H,14,15,16,17). The maximum Gasteiger partial charge on any atom is 0.230 e. The average molecular weight is 245 g/mol. The Hall–Kier alpha value is -2.24. The van der Waals surface area contributed by atoms with Crippen molar-refractivity contribution < 1.29 is 4.79 Å². The van der Waals surface area contributed by atoms with Gasteiger partial charge >= 0.3 is 0 Å². The molecule has 0 saturated carbocycles. The van der Waals surface area contributed by atoms with Crippen LogP contribution in [0.3, 0.4) is 0 Å². The number of aromatic amines is 1. The molecule has 0 aliphatic heterocycles. The molecule has 0 fully saturated rings. The third kappa shape index (κ3) is 2.53. The second-order valence-electron chi connectivity index (χ2n) is 4.50. The van der Waals surface area contributed by atoms with E-state index in [2.05, 4.69) is 25.9 Å². The van der Waals surface area contributed by atoms with Crippen molar-refractivity contribution in [1.29, 1.82) is 0 Å². The molecule has 6 heteroatoms. The minimum absolute atomic E-state index is 0.0708. The minimum Gasteiger partial charge on any atom is -0.348 e. The van der Waals surface area contributed by atoms with Crippen LogP contribution in [0.15, 0.2) is 30.3 Å². The Morgan fingerprint density at radius 1 is 1.33 bits per heavy atom. The molecule has 0 aliphatic rings. The Morgan fingerprint density at radius 3 is 2.67 bits per heavy atom. The number of aromatic nitrogens is 4. The molecule has 2 aromatic rings. The zero-order chi connectivity index (χ0) is 13.0. The highest BCUT2D eigenvalue weighted by Crippen LogP contribution is 2.22. The van der Waals surface area contributed by atoms with E-state index in [1.165, 1.54) is 0 Å². The lowest BCUT2D eigenvalue weighted by Gasteiger charge is -2.23. The molecule has 0 radical (unpaired) electrons. The molecule has 0 saturated heterocycles. The smallest absolute Gasteiger partial charge is 0.230 e. The molecular weight excluding hydrogens is 230 g/mol. The molecule has 0 unspecified atom stereocenters. The number of amides is 1.